The predicted molar refractivity (Wildman–Crippen MR) is 73.8 cm³/mol. The molecule has 0 saturated carbocycles. The molecule has 1 saturated heterocycles. The molecule has 0 aromatic rings. The van der Waals surface area contributed by atoms with Crippen molar-refractivity contribution in [1.29, 1.82) is 0 Å². The molecule has 1 heterocycles. The van der Waals surface area contributed by atoms with Gasteiger partial charge in [-0.2, -0.15) is 0 Å². The summed E-state index contributed by atoms with van der Waals surface area (Å²) in [7, 11) is -2.14. The summed E-state index contributed by atoms with van der Waals surface area (Å²) in [4.78, 5) is 9.64. The molecule has 112 valence electrons. The van der Waals surface area contributed by atoms with Crippen molar-refractivity contribution in [2.24, 2.45) is 0 Å². The van der Waals surface area contributed by atoms with Gasteiger partial charge in [0.05, 0.1) is 24.9 Å². The first-order valence-electron chi connectivity index (χ1n) is 6.66. The Labute approximate surface area is 115 Å². The highest BCUT2D eigenvalue weighted by Crippen LogP contribution is 2.48. The van der Waals surface area contributed by atoms with Gasteiger partial charge < -0.3 is 14.4 Å². The topological polar surface area (TPSA) is 74.2 Å². The molecule has 1 rings (SSSR count). The molecule has 19 heavy (non-hydrogen) atoms. The van der Waals surface area contributed by atoms with Crippen molar-refractivity contribution in [2.45, 2.75) is 64.5 Å². The van der Waals surface area contributed by atoms with Crippen molar-refractivity contribution in [3.63, 3.8) is 0 Å². The van der Waals surface area contributed by atoms with Gasteiger partial charge in [0.1, 0.15) is 14.0 Å². The van der Waals surface area contributed by atoms with E-state index in [1.807, 2.05) is 21.7 Å². The van der Waals surface area contributed by atoms with E-state index in [2.05, 4.69) is 0 Å². The van der Waals surface area contributed by atoms with Gasteiger partial charge in [-0.05, 0) is 34.1 Å². The van der Waals surface area contributed by atoms with Crippen LogP contribution in [0.15, 0.2) is 0 Å². The monoisotopic (exact) mass is 294 g/mol. The Morgan fingerprint density at radius 2 is 2.00 bits per heavy atom. The molecule has 0 aromatic heterocycles. The van der Waals surface area contributed by atoms with Crippen molar-refractivity contribution < 1.29 is 28.0 Å². The summed E-state index contributed by atoms with van der Waals surface area (Å²) in [5.41, 5.74) is 0. The third kappa shape index (κ3) is 6.38. The summed E-state index contributed by atoms with van der Waals surface area (Å²) in [5.74, 6) is 0. The minimum atomic E-state index is -4.04. The predicted octanol–water partition coefficient (Wildman–Crippen LogP) is 1.07. The zero-order valence-corrected chi connectivity index (χ0v) is 13.1. The molecule has 1 fully saturated rings. The summed E-state index contributed by atoms with van der Waals surface area (Å²) in [6.07, 6.45) is -0.566. The average molecular weight is 294 g/mol. The Kier molecular flexibility index (Phi) is 6.50. The number of rotatable bonds is 7. The normalized spacial score (nSPS) is 31.0. The molecule has 1 aliphatic heterocycles. The zero-order valence-electron chi connectivity index (χ0n) is 12.2. The lowest BCUT2D eigenvalue weighted by atomic mass is 9.96. The highest BCUT2D eigenvalue weighted by atomic mass is 31.2. The lowest BCUT2D eigenvalue weighted by Gasteiger charge is -2.23. The first-order valence-corrected chi connectivity index (χ1v) is 8.16. The molecule has 4 atom stereocenters. The lowest BCUT2D eigenvalue weighted by Crippen LogP contribution is -2.30. The number of ether oxygens (including phenoxy) is 2. The molecule has 1 N–H and O–H groups in total. The van der Waals surface area contributed by atoms with Crippen LogP contribution in [0.25, 0.3) is 0 Å². The molecule has 0 radical (unpaired) electrons. The van der Waals surface area contributed by atoms with Crippen molar-refractivity contribution in [3.8, 4) is 0 Å². The Hall–Kier alpha value is 0.0949. The lowest BCUT2D eigenvalue weighted by molar-refractivity contribution is -0.0482. The molecule has 8 heteroatoms. The number of phosphoric acid groups is 1. The van der Waals surface area contributed by atoms with Gasteiger partial charge in [0.15, 0.2) is 0 Å². The van der Waals surface area contributed by atoms with Crippen LogP contribution < -0.4 is 0 Å². The molecular weight excluding hydrogens is 270 g/mol. The highest BCUT2D eigenvalue weighted by molar-refractivity contribution is 7.47. The van der Waals surface area contributed by atoms with Gasteiger partial charge in [-0.25, -0.2) is 4.57 Å². The number of hydrogen-bond acceptors (Lipinski definition) is 5. The Morgan fingerprint density at radius 1 is 1.37 bits per heavy atom. The van der Waals surface area contributed by atoms with Crippen LogP contribution in [-0.2, 0) is 23.1 Å². The van der Waals surface area contributed by atoms with Crippen LogP contribution in [0.4, 0.5) is 0 Å². The van der Waals surface area contributed by atoms with E-state index in [0.717, 1.165) is 0 Å². The Morgan fingerprint density at radius 3 is 2.53 bits per heavy atom. The fraction of sp³-hybridized carbons (Fsp3) is 1.00. The van der Waals surface area contributed by atoms with Crippen molar-refractivity contribution >= 4 is 15.7 Å². The van der Waals surface area contributed by atoms with Crippen LogP contribution >= 0.6 is 7.82 Å². The Bertz CT molecular complexity index is 324. The van der Waals surface area contributed by atoms with Crippen LogP contribution in [-0.4, -0.2) is 49.8 Å². The molecule has 0 aliphatic carbocycles. The minimum Gasteiger partial charge on any atom is -0.379 e. The van der Waals surface area contributed by atoms with Gasteiger partial charge in [0.25, 0.3) is 0 Å². The second kappa shape index (κ2) is 7.20. The molecule has 0 amide bonds. The molecule has 0 aromatic carbocycles. The maximum Gasteiger partial charge on any atom is 0.472 e. The van der Waals surface area contributed by atoms with Crippen molar-refractivity contribution in [3.05, 3.63) is 0 Å². The van der Waals surface area contributed by atoms with Gasteiger partial charge in [0, 0.05) is 6.00 Å². The highest BCUT2D eigenvalue weighted by Gasteiger charge is 2.39. The molecule has 0 spiro atoms. The second-order valence-electron chi connectivity index (χ2n) is 5.37. The van der Waals surface area contributed by atoms with Gasteiger partial charge in [-0.1, -0.05) is 0 Å². The SMILES string of the molecule is B[C@H]1C[C@H](OP(=O)(O)OC(C)C)[C@@H](COC(C)C)O1. The number of phosphoric ester groups is 1. The van der Waals surface area contributed by atoms with Crippen LogP contribution in [0.1, 0.15) is 34.1 Å². The van der Waals surface area contributed by atoms with E-state index in [1.165, 1.54) is 0 Å². The van der Waals surface area contributed by atoms with E-state index in [4.69, 9.17) is 18.5 Å². The smallest absolute Gasteiger partial charge is 0.379 e. The third-order valence-electron chi connectivity index (χ3n) is 2.59. The maximum atomic E-state index is 11.8. The van der Waals surface area contributed by atoms with Gasteiger partial charge in [-0.3, -0.25) is 9.05 Å². The molecule has 1 unspecified atom stereocenters. The summed E-state index contributed by atoms with van der Waals surface area (Å²) in [5, 5.41) is 0. The van der Waals surface area contributed by atoms with Gasteiger partial charge >= 0.3 is 7.82 Å². The van der Waals surface area contributed by atoms with E-state index >= 15 is 0 Å². The average Bonchev–Trinajstić information content (AvgIpc) is 2.52. The summed E-state index contributed by atoms with van der Waals surface area (Å²) in [6, 6.07) is -0.0233. The first kappa shape index (κ1) is 17.1. The van der Waals surface area contributed by atoms with Crippen LogP contribution in [0.5, 0.6) is 0 Å². The summed E-state index contributed by atoms with van der Waals surface area (Å²) >= 11 is 0. The minimum absolute atomic E-state index is 0.0233. The summed E-state index contributed by atoms with van der Waals surface area (Å²) < 4.78 is 33.0. The first-order chi connectivity index (χ1) is 8.69. The van der Waals surface area contributed by atoms with E-state index < -0.39 is 13.9 Å². The van der Waals surface area contributed by atoms with E-state index in [-0.39, 0.29) is 24.3 Å². The molecule has 0 bridgehead atoms. The fourth-order valence-electron chi connectivity index (χ4n) is 1.93. The van der Waals surface area contributed by atoms with E-state index in [0.29, 0.717) is 13.0 Å². The molecule has 6 nitrogen and oxygen atoms in total. The molecule has 1 aliphatic rings. The number of hydrogen-bond donors (Lipinski definition) is 1. The third-order valence-corrected chi connectivity index (χ3v) is 3.82. The Balaban J connectivity index is 2.56. The summed E-state index contributed by atoms with van der Waals surface area (Å²) in [6.45, 7) is 7.55. The van der Waals surface area contributed by atoms with E-state index in [1.54, 1.807) is 13.8 Å². The molecular formula is C11H24BO6P. The quantitative estimate of drug-likeness (QED) is 0.559. The van der Waals surface area contributed by atoms with Crippen LogP contribution in [0.3, 0.4) is 0 Å². The van der Waals surface area contributed by atoms with E-state index in [9.17, 15) is 9.46 Å². The van der Waals surface area contributed by atoms with Gasteiger partial charge in [-0.15, -0.1) is 0 Å². The standard InChI is InChI=1S/C11H24BO6P/c1-7(2)15-6-10-9(5-11(12)16-10)18-19(13,14)17-8(3)4/h7-11H,5-6,12H2,1-4H3,(H,13,14)/t9-,10+,11+/m0/s1. The maximum absolute atomic E-state index is 11.8. The van der Waals surface area contributed by atoms with Crippen LogP contribution in [0.2, 0.25) is 0 Å². The largest absolute Gasteiger partial charge is 0.472 e. The zero-order chi connectivity index (χ0) is 14.6. The van der Waals surface area contributed by atoms with Crippen LogP contribution in [0, 0.1) is 0 Å². The van der Waals surface area contributed by atoms with Crippen molar-refractivity contribution in [1.82, 2.24) is 0 Å². The van der Waals surface area contributed by atoms with Crippen molar-refractivity contribution in [2.75, 3.05) is 6.61 Å². The fourth-order valence-corrected chi connectivity index (χ4v) is 3.07. The second-order valence-corrected chi connectivity index (χ2v) is 6.73. The van der Waals surface area contributed by atoms with Gasteiger partial charge in [0.2, 0.25) is 0 Å².